The molecule has 24 heavy (non-hydrogen) atoms. The smallest absolute Gasteiger partial charge is 0.449 e. The van der Waals surface area contributed by atoms with E-state index in [2.05, 4.69) is 11.8 Å². The number of aliphatic hydroxyl groups is 1. The number of hydrogen-bond acceptors (Lipinski definition) is 3. The van der Waals surface area contributed by atoms with Crippen LogP contribution in [0, 0.1) is 17.3 Å². The summed E-state index contributed by atoms with van der Waals surface area (Å²) in [5, 5.41) is 10.3. The van der Waals surface area contributed by atoms with Gasteiger partial charge in [0.25, 0.3) is 0 Å². The van der Waals surface area contributed by atoms with E-state index in [1.165, 1.54) is 6.92 Å². The number of allylic oxidation sites excluding steroid dienone is 1. The molecule has 1 aromatic carbocycles. The van der Waals surface area contributed by atoms with E-state index in [1.54, 1.807) is 30.3 Å². The minimum Gasteiger partial charge on any atom is -0.489 e. The zero-order valence-electron chi connectivity index (χ0n) is 14.1. The van der Waals surface area contributed by atoms with Gasteiger partial charge in [0.2, 0.25) is 5.76 Å². The number of alkyl halides is 3. The standard InChI is InChI=1S/C18H21F3O2S/c1-5-23-16(18(19,20)21)15(14(22)11-12-17(2,3)4)24-13-9-7-6-8-10-13/h6-10,14,22H,5H2,1-4H3/b16-15+. The molecule has 0 saturated heterocycles. The summed E-state index contributed by atoms with van der Waals surface area (Å²) in [6, 6.07) is 8.50. The summed E-state index contributed by atoms with van der Waals surface area (Å²) in [5.41, 5.74) is -0.437. The summed E-state index contributed by atoms with van der Waals surface area (Å²) in [5.74, 6) is 4.07. The molecule has 1 rings (SSSR count). The van der Waals surface area contributed by atoms with Gasteiger partial charge in [0.05, 0.1) is 11.5 Å². The van der Waals surface area contributed by atoms with E-state index >= 15 is 0 Å². The van der Waals surface area contributed by atoms with Crippen molar-refractivity contribution in [2.24, 2.45) is 5.41 Å². The fraction of sp³-hybridized carbons (Fsp3) is 0.444. The van der Waals surface area contributed by atoms with Crippen LogP contribution in [0.1, 0.15) is 27.7 Å². The zero-order chi connectivity index (χ0) is 18.4. The van der Waals surface area contributed by atoms with Gasteiger partial charge in [-0.2, -0.15) is 13.2 Å². The Morgan fingerprint density at radius 1 is 1.21 bits per heavy atom. The molecule has 1 unspecified atom stereocenters. The molecule has 0 radical (unpaired) electrons. The lowest BCUT2D eigenvalue weighted by Gasteiger charge is -2.19. The van der Waals surface area contributed by atoms with Crippen molar-refractivity contribution in [2.45, 2.75) is 44.9 Å². The highest BCUT2D eigenvalue weighted by molar-refractivity contribution is 8.03. The summed E-state index contributed by atoms with van der Waals surface area (Å²) in [7, 11) is 0. The molecule has 1 atom stereocenters. The largest absolute Gasteiger partial charge is 0.489 e. The van der Waals surface area contributed by atoms with Crippen molar-refractivity contribution in [1.29, 1.82) is 0 Å². The minimum absolute atomic E-state index is 0.160. The Bertz CT molecular complexity index is 620. The van der Waals surface area contributed by atoms with Crippen LogP contribution in [0.25, 0.3) is 0 Å². The van der Waals surface area contributed by atoms with Gasteiger partial charge in [0.1, 0.15) is 6.10 Å². The lowest BCUT2D eigenvalue weighted by Crippen LogP contribution is -2.21. The second kappa shape index (κ2) is 8.50. The Morgan fingerprint density at radius 2 is 1.79 bits per heavy atom. The molecule has 132 valence electrons. The number of ether oxygens (including phenoxy) is 1. The van der Waals surface area contributed by atoms with E-state index in [9.17, 15) is 18.3 Å². The maximum atomic E-state index is 13.3. The van der Waals surface area contributed by atoms with Crippen molar-refractivity contribution >= 4 is 11.8 Å². The van der Waals surface area contributed by atoms with E-state index < -0.39 is 23.5 Å². The fourth-order valence-electron chi connectivity index (χ4n) is 1.63. The van der Waals surface area contributed by atoms with Crippen molar-refractivity contribution in [3.63, 3.8) is 0 Å². The van der Waals surface area contributed by atoms with Crippen molar-refractivity contribution in [3.8, 4) is 11.8 Å². The molecule has 0 bridgehead atoms. The highest BCUT2D eigenvalue weighted by Crippen LogP contribution is 2.38. The Kier molecular flexibility index (Phi) is 7.25. The first-order chi connectivity index (χ1) is 11.0. The van der Waals surface area contributed by atoms with Gasteiger partial charge in [0.15, 0.2) is 0 Å². The summed E-state index contributed by atoms with van der Waals surface area (Å²) in [6.07, 6.45) is -6.30. The Hall–Kier alpha value is -1.58. The SMILES string of the molecule is CCO/C(=C(/Sc1ccccc1)C(O)C#CC(C)(C)C)C(F)(F)F. The highest BCUT2D eigenvalue weighted by Gasteiger charge is 2.40. The summed E-state index contributed by atoms with van der Waals surface area (Å²) in [6.45, 7) is 6.74. The molecule has 2 nitrogen and oxygen atoms in total. The van der Waals surface area contributed by atoms with Gasteiger partial charge < -0.3 is 9.84 Å². The first-order valence-electron chi connectivity index (χ1n) is 7.42. The van der Waals surface area contributed by atoms with Crippen LogP contribution in [0.15, 0.2) is 45.9 Å². The molecule has 0 aromatic heterocycles. The predicted octanol–water partition coefficient (Wildman–Crippen LogP) is 5.00. The van der Waals surface area contributed by atoms with E-state index in [0.29, 0.717) is 4.90 Å². The van der Waals surface area contributed by atoms with Crippen molar-refractivity contribution in [3.05, 3.63) is 41.0 Å². The van der Waals surface area contributed by atoms with Crippen LogP contribution >= 0.6 is 11.8 Å². The first kappa shape index (κ1) is 20.5. The summed E-state index contributed by atoms with van der Waals surface area (Å²) >= 11 is 0.804. The van der Waals surface area contributed by atoms with Crippen molar-refractivity contribution < 1.29 is 23.0 Å². The van der Waals surface area contributed by atoms with Crippen molar-refractivity contribution in [2.75, 3.05) is 6.61 Å². The number of hydrogen-bond donors (Lipinski definition) is 1. The maximum absolute atomic E-state index is 13.3. The molecule has 0 amide bonds. The van der Waals surface area contributed by atoms with Crippen LogP contribution in [0.2, 0.25) is 0 Å². The first-order valence-corrected chi connectivity index (χ1v) is 8.24. The molecule has 0 aliphatic heterocycles. The molecule has 0 aliphatic rings. The van der Waals surface area contributed by atoms with Gasteiger partial charge in [-0.1, -0.05) is 41.8 Å². The molecule has 1 N–H and O–H groups in total. The van der Waals surface area contributed by atoms with Gasteiger partial charge in [-0.25, -0.2) is 0 Å². The van der Waals surface area contributed by atoms with E-state index in [1.807, 2.05) is 20.8 Å². The fourth-order valence-corrected chi connectivity index (χ4v) is 2.61. The number of halogens is 3. The van der Waals surface area contributed by atoms with Crippen LogP contribution < -0.4 is 0 Å². The second-order valence-corrected chi connectivity index (χ2v) is 7.08. The average molecular weight is 358 g/mol. The van der Waals surface area contributed by atoms with Gasteiger partial charge >= 0.3 is 6.18 Å². The van der Waals surface area contributed by atoms with Crippen LogP contribution in [-0.4, -0.2) is 24.0 Å². The lowest BCUT2D eigenvalue weighted by atomic mass is 9.97. The topological polar surface area (TPSA) is 29.5 Å². The van der Waals surface area contributed by atoms with E-state index in [-0.39, 0.29) is 11.5 Å². The molecule has 0 saturated carbocycles. The third-order valence-corrected chi connectivity index (χ3v) is 3.71. The number of thioether (sulfide) groups is 1. The third-order valence-electron chi connectivity index (χ3n) is 2.57. The monoisotopic (exact) mass is 358 g/mol. The molecular weight excluding hydrogens is 337 g/mol. The van der Waals surface area contributed by atoms with Crippen LogP contribution in [0.5, 0.6) is 0 Å². The number of benzene rings is 1. The molecule has 0 spiro atoms. The zero-order valence-corrected chi connectivity index (χ0v) is 14.9. The second-order valence-electron chi connectivity index (χ2n) is 5.96. The molecule has 0 fully saturated rings. The van der Waals surface area contributed by atoms with Crippen LogP contribution in [-0.2, 0) is 4.74 Å². The summed E-state index contributed by atoms with van der Waals surface area (Å²) in [4.78, 5) is 0.206. The Balaban J connectivity index is 3.35. The predicted molar refractivity (Wildman–Crippen MR) is 90.2 cm³/mol. The Labute approximate surface area is 145 Å². The quantitative estimate of drug-likeness (QED) is 0.456. The number of rotatable bonds is 5. The average Bonchev–Trinajstić information content (AvgIpc) is 2.47. The molecular formula is C18H21F3O2S. The maximum Gasteiger partial charge on any atom is 0.449 e. The molecule has 1 aromatic rings. The molecule has 0 aliphatic carbocycles. The van der Waals surface area contributed by atoms with Crippen LogP contribution in [0.3, 0.4) is 0 Å². The lowest BCUT2D eigenvalue weighted by molar-refractivity contribution is -0.131. The normalized spacial score (nSPS) is 14.3. The van der Waals surface area contributed by atoms with Gasteiger partial charge in [-0.05, 0) is 39.8 Å². The molecule has 6 heteroatoms. The van der Waals surface area contributed by atoms with Crippen molar-refractivity contribution in [1.82, 2.24) is 0 Å². The Morgan fingerprint density at radius 3 is 2.25 bits per heavy atom. The molecule has 0 heterocycles. The van der Waals surface area contributed by atoms with Gasteiger partial charge in [-0.3, -0.25) is 0 Å². The number of aliphatic hydroxyl groups excluding tert-OH is 1. The van der Waals surface area contributed by atoms with Crippen LogP contribution in [0.4, 0.5) is 13.2 Å². The van der Waals surface area contributed by atoms with E-state index in [0.717, 1.165) is 11.8 Å². The highest BCUT2D eigenvalue weighted by atomic mass is 32.2. The van der Waals surface area contributed by atoms with E-state index in [4.69, 9.17) is 4.74 Å². The van der Waals surface area contributed by atoms with Gasteiger partial charge in [-0.15, -0.1) is 0 Å². The minimum atomic E-state index is -4.71. The van der Waals surface area contributed by atoms with Gasteiger partial charge in [0, 0.05) is 10.3 Å². The summed E-state index contributed by atoms with van der Waals surface area (Å²) < 4.78 is 44.8. The third kappa shape index (κ3) is 6.90.